The van der Waals surface area contributed by atoms with Crippen LogP contribution in [0, 0.1) is 12.7 Å². The number of hydrogen-bond donors (Lipinski definition) is 0. The molecule has 2 aromatic carbocycles. The fourth-order valence-electron chi connectivity index (χ4n) is 5.46. The molecule has 0 spiro atoms. The molecular formula is C36H41Cl2FN3O3Si. The van der Waals surface area contributed by atoms with Gasteiger partial charge < -0.3 is 13.9 Å². The van der Waals surface area contributed by atoms with Crippen molar-refractivity contribution in [1.29, 1.82) is 0 Å². The lowest BCUT2D eigenvalue weighted by molar-refractivity contribution is 0.185. The number of ether oxygens (including phenoxy) is 2. The third-order valence-electron chi connectivity index (χ3n) is 9.23. The van der Waals surface area contributed by atoms with Crippen molar-refractivity contribution in [3.63, 3.8) is 0 Å². The summed E-state index contributed by atoms with van der Waals surface area (Å²) in [6, 6.07) is 12.8. The molecule has 1 aliphatic heterocycles. The van der Waals surface area contributed by atoms with Crippen LogP contribution in [0.4, 0.5) is 4.39 Å². The van der Waals surface area contributed by atoms with Crippen LogP contribution in [0.5, 0.6) is 11.6 Å². The second-order valence-electron chi connectivity index (χ2n) is 13.1. The number of methoxy groups -OCH3 is 2. The molecule has 0 saturated heterocycles. The van der Waals surface area contributed by atoms with Gasteiger partial charge in [-0.25, -0.2) is 9.37 Å². The average molecular weight is 682 g/mol. The highest BCUT2D eigenvalue weighted by Crippen LogP contribution is 2.43. The number of pyridine rings is 2. The van der Waals surface area contributed by atoms with Crippen LogP contribution in [0.2, 0.25) is 28.2 Å². The van der Waals surface area contributed by atoms with E-state index in [4.69, 9.17) is 37.1 Å². The lowest BCUT2D eigenvalue weighted by atomic mass is 9.94. The van der Waals surface area contributed by atoms with Crippen molar-refractivity contribution in [2.24, 2.45) is 0 Å². The first kappa shape index (κ1) is 34.3. The quantitative estimate of drug-likeness (QED) is 0.164. The number of halogens is 3. The Morgan fingerprint density at radius 2 is 1.72 bits per heavy atom. The molecule has 5 rings (SSSR count). The van der Waals surface area contributed by atoms with Gasteiger partial charge in [-0.05, 0) is 55.2 Å². The fraction of sp³-hybridized carbons (Fsp3) is 0.361. The van der Waals surface area contributed by atoms with E-state index in [0.29, 0.717) is 38.1 Å². The first-order valence-electron chi connectivity index (χ1n) is 15.3. The number of fused-ring (bicyclic) bond motifs is 1. The molecule has 1 aliphatic rings. The number of nitrogens with zero attached hydrogens (tertiary/aromatic N) is 3. The molecule has 0 bridgehead atoms. The summed E-state index contributed by atoms with van der Waals surface area (Å²) < 4.78 is 32.2. The van der Waals surface area contributed by atoms with Gasteiger partial charge in [0, 0.05) is 66.3 Å². The van der Waals surface area contributed by atoms with E-state index in [1.807, 2.05) is 24.3 Å². The summed E-state index contributed by atoms with van der Waals surface area (Å²) in [5.74, 6) is 0.378. The van der Waals surface area contributed by atoms with E-state index in [9.17, 15) is 4.39 Å². The van der Waals surface area contributed by atoms with Crippen molar-refractivity contribution in [3.8, 4) is 45.3 Å². The predicted octanol–water partition coefficient (Wildman–Crippen LogP) is 9.50. The maximum absolute atomic E-state index is 14.6. The van der Waals surface area contributed by atoms with E-state index in [1.165, 1.54) is 24.3 Å². The van der Waals surface area contributed by atoms with Crippen LogP contribution in [0.25, 0.3) is 33.6 Å². The molecule has 0 aliphatic carbocycles. The van der Waals surface area contributed by atoms with Gasteiger partial charge >= 0.3 is 0 Å². The average Bonchev–Trinajstić information content (AvgIpc) is 3.01. The largest absolute Gasteiger partial charge is 0.496 e. The third-order valence-corrected chi connectivity index (χ3v) is 14.6. The van der Waals surface area contributed by atoms with Crippen LogP contribution in [0.1, 0.15) is 37.5 Å². The summed E-state index contributed by atoms with van der Waals surface area (Å²) in [7, 11) is 1.33. The van der Waals surface area contributed by atoms with E-state index >= 15 is 0 Å². The van der Waals surface area contributed by atoms with Gasteiger partial charge in [-0.2, -0.15) is 0 Å². The lowest BCUT2D eigenvalue weighted by Crippen LogP contribution is -2.43. The molecule has 0 saturated carbocycles. The Labute approximate surface area is 283 Å². The second-order valence-corrected chi connectivity index (χ2v) is 18.7. The Morgan fingerprint density at radius 1 is 1.00 bits per heavy atom. The molecule has 243 valence electrons. The van der Waals surface area contributed by atoms with Crippen molar-refractivity contribution in [3.05, 3.63) is 88.1 Å². The molecule has 4 aromatic rings. The van der Waals surface area contributed by atoms with Crippen molar-refractivity contribution in [2.45, 2.75) is 51.9 Å². The van der Waals surface area contributed by atoms with E-state index in [2.05, 4.69) is 61.7 Å². The molecule has 10 heteroatoms. The van der Waals surface area contributed by atoms with Gasteiger partial charge in [0.2, 0.25) is 5.88 Å². The summed E-state index contributed by atoms with van der Waals surface area (Å²) in [6.07, 6.45) is 2.60. The number of aromatic nitrogens is 2. The summed E-state index contributed by atoms with van der Waals surface area (Å²) in [6.45, 7) is 18.4. The van der Waals surface area contributed by atoms with Gasteiger partial charge in [0.15, 0.2) is 8.32 Å². The summed E-state index contributed by atoms with van der Waals surface area (Å²) >= 11 is 14.0. The van der Waals surface area contributed by atoms with E-state index in [-0.39, 0.29) is 16.5 Å². The topological polar surface area (TPSA) is 56.7 Å². The Hall–Kier alpha value is -3.01. The van der Waals surface area contributed by atoms with Gasteiger partial charge in [-0.3, -0.25) is 9.88 Å². The van der Waals surface area contributed by atoms with Gasteiger partial charge in [-0.15, -0.1) is 0 Å². The molecule has 0 unspecified atom stereocenters. The molecule has 6 nitrogen and oxygen atoms in total. The molecule has 46 heavy (non-hydrogen) atoms. The zero-order valence-electron chi connectivity index (χ0n) is 27.6. The fourth-order valence-corrected chi connectivity index (χ4v) is 7.14. The third kappa shape index (κ3) is 6.83. The molecule has 0 fully saturated rings. The standard InChI is InChI=1S/C36H41Cl2FN3O3Si/c1-22-29(39)20-30(41-35(22)44-6)27-11-9-10-25(32(27)37)26-12-14-40-34(33(26)38)24-18-23-13-15-42(21-28(23)31(19-24)43-5)16-17-45-46(7,8)36(2,3)4/h9-12,14,18-20H,1,13,15-17,21H2,2-8H3. The minimum absolute atomic E-state index is 0.0872. The maximum atomic E-state index is 14.6. The number of hydrogen-bond acceptors (Lipinski definition) is 6. The SMILES string of the molecule is [CH2]c1c(F)cc(-c2cccc(-c3ccnc(-c4cc5c(c(OC)c4)CN(CCO[Si](C)(C)C(C)(C)C)CC5)c3Cl)c2Cl)nc1OC. The summed E-state index contributed by atoms with van der Waals surface area (Å²) in [5.41, 5.74) is 6.22. The highest BCUT2D eigenvalue weighted by atomic mass is 35.5. The van der Waals surface area contributed by atoms with Crippen LogP contribution < -0.4 is 9.47 Å². The zero-order chi connectivity index (χ0) is 33.4. The molecule has 2 aromatic heterocycles. The Bertz CT molecular complexity index is 1740. The van der Waals surface area contributed by atoms with Crippen molar-refractivity contribution < 1.29 is 18.3 Å². The van der Waals surface area contributed by atoms with E-state index in [0.717, 1.165) is 44.0 Å². The van der Waals surface area contributed by atoms with Crippen LogP contribution in [0.3, 0.4) is 0 Å². The van der Waals surface area contributed by atoms with Crippen LogP contribution in [-0.4, -0.2) is 57.1 Å². The van der Waals surface area contributed by atoms with Gasteiger partial charge in [0.05, 0.1) is 41.2 Å². The minimum Gasteiger partial charge on any atom is -0.496 e. The lowest BCUT2D eigenvalue weighted by Gasteiger charge is -2.37. The highest BCUT2D eigenvalue weighted by molar-refractivity contribution is 6.74. The first-order valence-corrected chi connectivity index (χ1v) is 19.0. The predicted molar refractivity (Wildman–Crippen MR) is 188 cm³/mol. The van der Waals surface area contributed by atoms with Crippen molar-refractivity contribution in [2.75, 3.05) is 33.9 Å². The monoisotopic (exact) mass is 680 g/mol. The van der Waals surface area contributed by atoms with E-state index < -0.39 is 14.1 Å². The summed E-state index contributed by atoms with van der Waals surface area (Å²) in [4.78, 5) is 11.5. The molecule has 0 amide bonds. The molecule has 3 heterocycles. The molecule has 0 N–H and O–H groups in total. The van der Waals surface area contributed by atoms with Crippen LogP contribution in [-0.2, 0) is 17.4 Å². The van der Waals surface area contributed by atoms with Gasteiger partial charge in [0.25, 0.3) is 0 Å². The molecule has 1 radical (unpaired) electrons. The highest BCUT2D eigenvalue weighted by Gasteiger charge is 2.37. The van der Waals surface area contributed by atoms with Crippen molar-refractivity contribution in [1.82, 2.24) is 14.9 Å². The second kappa shape index (κ2) is 13.6. The van der Waals surface area contributed by atoms with Gasteiger partial charge in [0.1, 0.15) is 11.6 Å². The van der Waals surface area contributed by atoms with Gasteiger partial charge in [-0.1, -0.05) is 62.2 Å². The zero-order valence-corrected chi connectivity index (χ0v) is 30.1. The van der Waals surface area contributed by atoms with Crippen LogP contribution >= 0.6 is 23.2 Å². The number of benzene rings is 2. The maximum Gasteiger partial charge on any atom is 0.219 e. The Balaban J connectivity index is 1.44. The Kier molecular flexibility index (Phi) is 10.2. The van der Waals surface area contributed by atoms with Crippen molar-refractivity contribution >= 4 is 31.5 Å². The smallest absolute Gasteiger partial charge is 0.219 e. The normalized spacial score (nSPS) is 13.9. The summed E-state index contributed by atoms with van der Waals surface area (Å²) in [5, 5.41) is 1.02. The van der Waals surface area contributed by atoms with Crippen LogP contribution in [0.15, 0.2) is 48.7 Å². The molecular weight excluding hydrogens is 640 g/mol. The molecule has 0 atom stereocenters. The first-order chi connectivity index (χ1) is 21.8. The minimum atomic E-state index is -1.80. The number of rotatable bonds is 9. The Morgan fingerprint density at radius 3 is 2.41 bits per heavy atom. The van der Waals surface area contributed by atoms with E-state index in [1.54, 1.807) is 19.4 Å².